The molecule has 1 heterocycles. The van der Waals surface area contributed by atoms with E-state index in [4.69, 9.17) is 5.26 Å². The Kier molecular flexibility index (Phi) is 3.25. The summed E-state index contributed by atoms with van der Waals surface area (Å²) in [7, 11) is 0. The van der Waals surface area contributed by atoms with Gasteiger partial charge in [-0.3, -0.25) is 4.79 Å². The molecule has 2 rings (SSSR count). The maximum Gasteiger partial charge on any atom is 0.240 e. The maximum absolute atomic E-state index is 11.7. The van der Waals surface area contributed by atoms with E-state index in [-0.39, 0.29) is 10.7 Å². The van der Waals surface area contributed by atoms with Gasteiger partial charge in [0, 0.05) is 12.2 Å². The van der Waals surface area contributed by atoms with Crippen LogP contribution in [0.25, 0.3) is 0 Å². The molecule has 0 spiro atoms. The third kappa shape index (κ3) is 2.10. The standard InChI is InChI=1S/C12H11BrN2O/c13-11-6-8-15(12(11)16)10-3-1-9(2-4-10)5-7-14/h1-4,11H,5-6,8H2. The van der Waals surface area contributed by atoms with Crippen molar-refractivity contribution in [2.45, 2.75) is 17.7 Å². The van der Waals surface area contributed by atoms with Crippen molar-refractivity contribution in [1.82, 2.24) is 0 Å². The lowest BCUT2D eigenvalue weighted by atomic mass is 10.1. The van der Waals surface area contributed by atoms with E-state index in [9.17, 15) is 4.79 Å². The van der Waals surface area contributed by atoms with Gasteiger partial charge in [-0.05, 0) is 24.1 Å². The molecule has 0 saturated carbocycles. The molecule has 3 nitrogen and oxygen atoms in total. The van der Waals surface area contributed by atoms with Crippen LogP contribution in [0, 0.1) is 11.3 Å². The summed E-state index contributed by atoms with van der Waals surface area (Å²) < 4.78 is 0. The number of nitrogens with zero attached hydrogens (tertiary/aromatic N) is 2. The molecule has 1 aliphatic heterocycles. The topological polar surface area (TPSA) is 44.1 Å². The summed E-state index contributed by atoms with van der Waals surface area (Å²) in [6.45, 7) is 0.756. The molecular weight excluding hydrogens is 268 g/mol. The van der Waals surface area contributed by atoms with E-state index in [1.807, 2.05) is 24.3 Å². The lowest BCUT2D eigenvalue weighted by Crippen LogP contribution is -2.26. The average molecular weight is 279 g/mol. The predicted molar refractivity (Wildman–Crippen MR) is 65.4 cm³/mol. The van der Waals surface area contributed by atoms with Crippen LogP contribution in [-0.2, 0) is 11.2 Å². The molecule has 16 heavy (non-hydrogen) atoms. The summed E-state index contributed by atoms with van der Waals surface area (Å²) >= 11 is 3.35. The highest BCUT2D eigenvalue weighted by atomic mass is 79.9. The molecule has 1 amide bonds. The Bertz CT molecular complexity index is 435. The van der Waals surface area contributed by atoms with E-state index in [0.29, 0.717) is 6.42 Å². The van der Waals surface area contributed by atoms with Crippen LogP contribution in [0.15, 0.2) is 24.3 Å². The summed E-state index contributed by atoms with van der Waals surface area (Å²) in [5.74, 6) is 0.119. The number of halogens is 1. The fourth-order valence-corrected chi connectivity index (χ4v) is 2.24. The van der Waals surface area contributed by atoms with Crippen LogP contribution in [0.2, 0.25) is 0 Å². The molecule has 1 aromatic carbocycles. The first-order chi connectivity index (χ1) is 7.72. The number of nitriles is 1. The molecule has 1 saturated heterocycles. The van der Waals surface area contributed by atoms with Gasteiger partial charge in [0.2, 0.25) is 5.91 Å². The third-order valence-corrected chi connectivity index (χ3v) is 3.52. The molecule has 0 aromatic heterocycles. The van der Waals surface area contributed by atoms with E-state index in [1.54, 1.807) is 4.90 Å². The maximum atomic E-state index is 11.7. The van der Waals surface area contributed by atoms with E-state index >= 15 is 0 Å². The highest BCUT2D eigenvalue weighted by Gasteiger charge is 2.30. The first-order valence-corrected chi connectivity index (χ1v) is 6.05. The number of rotatable bonds is 2. The quantitative estimate of drug-likeness (QED) is 0.779. The zero-order valence-electron chi connectivity index (χ0n) is 8.69. The van der Waals surface area contributed by atoms with Gasteiger partial charge >= 0.3 is 0 Å². The number of amides is 1. The minimum absolute atomic E-state index is 0.0497. The number of benzene rings is 1. The molecule has 4 heteroatoms. The number of carbonyl (C=O) groups is 1. The fourth-order valence-electron chi connectivity index (χ4n) is 1.79. The zero-order valence-corrected chi connectivity index (χ0v) is 10.3. The van der Waals surface area contributed by atoms with E-state index in [0.717, 1.165) is 24.2 Å². The number of carbonyl (C=O) groups excluding carboxylic acids is 1. The Hall–Kier alpha value is -1.34. The Morgan fingerprint density at radius 1 is 1.44 bits per heavy atom. The zero-order chi connectivity index (χ0) is 11.5. The van der Waals surface area contributed by atoms with E-state index in [2.05, 4.69) is 22.0 Å². The van der Waals surface area contributed by atoms with Crippen molar-refractivity contribution in [2.24, 2.45) is 0 Å². The molecular formula is C12H11BrN2O. The highest BCUT2D eigenvalue weighted by molar-refractivity contribution is 9.10. The van der Waals surface area contributed by atoms with Crippen LogP contribution in [-0.4, -0.2) is 17.3 Å². The SMILES string of the molecule is N#CCc1ccc(N2CCC(Br)C2=O)cc1. The molecule has 0 radical (unpaired) electrons. The molecule has 1 aromatic rings. The summed E-state index contributed by atoms with van der Waals surface area (Å²) in [4.78, 5) is 13.5. The molecule has 1 atom stereocenters. The van der Waals surface area contributed by atoms with Gasteiger partial charge in [-0.15, -0.1) is 0 Å². The van der Waals surface area contributed by atoms with Gasteiger partial charge in [0.15, 0.2) is 0 Å². The first kappa shape index (κ1) is 11.2. The monoisotopic (exact) mass is 278 g/mol. The fraction of sp³-hybridized carbons (Fsp3) is 0.333. The smallest absolute Gasteiger partial charge is 0.240 e. The Morgan fingerprint density at radius 2 is 2.12 bits per heavy atom. The Labute approximate surface area is 103 Å². The number of alkyl halides is 1. The summed E-state index contributed by atoms with van der Waals surface area (Å²) in [6, 6.07) is 9.69. The largest absolute Gasteiger partial charge is 0.311 e. The minimum atomic E-state index is -0.0497. The lowest BCUT2D eigenvalue weighted by Gasteiger charge is -2.15. The van der Waals surface area contributed by atoms with Gasteiger partial charge < -0.3 is 4.90 Å². The van der Waals surface area contributed by atoms with Gasteiger partial charge in [-0.2, -0.15) is 5.26 Å². The van der Waals surface area contributed by atoms with Crippen molar-refractivity contribution < 1.29 is 4.79 Å². The van der Waals surface area contributed by atoms with Gasteiger partial charge in [-0.25, -0.2) is 0 Å². The molecule has 0 N–H and O–H groups in total. The van der Waals surface area contributed by atoms with Crippen LogP contribution in [0.5, 0.6) is 0 Å². The van der Waals surface area contributed by atoms with Gasteiger partial charge in [-0.1, -0.05) is 28.1 Å². The molecule has 0 bridgehead atoms. The normalized spacial score (nSPS) is 19.9. The van der Waals surface area contributed by atoms with Crippen molar-refractivity contribution in [3.05, 3.63) is 29.8 Å². The average Bonchev–Trinajstić information content (AvgIpc) is 2.62. The number of anilines is 1. The molecule has 0 aliphatic carbocycles. The highest BCUT2D eigenvalue weighted by Crippen LogP contribution is 2.25. The van der Waals surface area contributed by atoms with Gasteiger partial charge in [0.05, 0.1) is 17.3 Å². The van der Waals surface area contributed by atoms with Crippen molar-refractivity contribution in [1.29, 1.82) is 5.26 Å². The molecule has 1 aliphatic rings. The van der Waals surface area contributed by atoms with Crippen molar-refractivity contribution in [3.63, 3.8) is 0 Å². The lowest BCUT2D eigenvalue weighted by molar-refractivity contribution is -0.116. The van der Waals surface area contributed by atoms with Gasteiger partial charge in [0.1, 0.15) is 0 Å². The van der Waals surface area contributed by atoms with Crippen LogP contribution < -0.4 is 4.90 Å². The van der Waals surface area contributed by atoms with Crippen LogP contribution in [0.4, 0.5) is 5.69 Å². The third-order valence-electron chi connectivity index (χ3n) is 2.67. The molecule has 82 valence electrons. The van der Waals surface area contributed by atoms with Crippen molar-refractivity contribution in [3.8, 4) is 6.07 Å². The van der Waals surface area contributed by atoms with Crippen molar-refractivity contribution >= 4 is 27.5 Å². The van der Waals surface area contributed by atoms with Crippen LogP contribution in [0.1, 0.15) is 12.0 Å². The van der Waals surface area contributed by atoms with Crippen LogP contribution in [0.3, 0.4) is 0 Å². The Balaban J connectivity index is 2.17. The van der Waals surface area contributed by atoms with Crippen LogP contribution >= 0.6 is 15.9 Å². The van der Waals surface area contributed by atoms with E-state index in [1.165, 1.54) is 0 Å². The number of hydrogen-bond donors (Lipinski definition) is 0. The first-order valence-electron chi connectivity index (χ1n) is 5.13. The number of hydrogen-bond acceptors (Lipinski definition) is 2. The molecule has 1 unspecified atom stereocenters. The second-order valence-corrected chi connectivity index (χ2v) is 4.85. The summed E-state index contributed by atoms with van der Waals surface area (Å²) in [5, 5.41) is 8.56. The second kappa shape index (κ2) is 4.67. The summed E-state index contributed by atoms with van der Waals surface area (Å²) in [5.41, 5.74) is 1.89. The van der Waals surface area contributed by atoms with E-state index < -0.39 is 0 Å². The Morgan fingerprint density at radius 3 is 2.62 bits per heavy atom. The summed E-state index contributed by atoms with van der Waals surface area (Å²) in [6.07, 6.45) is 1.26. The predicted octanol–water partition coefficient (Wildman–Crippen LogP) is 2.25. The minimum Gasteiger partial charge on any atom is -0.311 e. The van der Waals surface area contributed by atoms with Crippen molar-refractivity contribution in [2.75, 3.05) is 11.4 Å². The second-order valence-electron chi connectivity index (χ2n) is 3.75. The molecule has 1 fully saturated rings. The van der Waals surface area contributed by atoms with Gasteiger partial charge in [0.25, 0.3) is 0 Å².